The lowest BCUT2D eigenvalue weighted by atomic mass is 10.3. The fourth-order valence-electron chi connectivity index (χ4n) is 2.96. The Morgan fingerprint density at radius 2 is 2.00 bits per heavy atom. The Labute approximate surface area is 160 Å². The number of thiazole rings is 1. The molecule has 1 fully saturated rings. The molecule has 1 aliphatic rings. The number of fused-ring (bicyclic) bond motifs is 1. The van der Waals surface area contributed by atoms with Crippen LogP contribution < -0.4 is 9.80 Å². The molecule has 0 bridgehead atoms. The van der Waals surface area contributed by atoms with E-state index in [-0.39, 0.29) is 42.6 Å². The van der Waals surface area contributed by atoms with Gasteiger partial charge in [-0.05, 0) is 12.1 Å². The zero-order valence-electron chi connectivity index (χ0n) is 15.3. The summed E-state index contributed by atoms with van der Waals surface area (Å²) < 4.78 is 14.6. The van der Waals surface area contributed by atoms with Gasteiger partial charge in [0.05, 0.1) is 25.3 Å². The second-order valence-electron chi connectivity index (χ2n) is 6.81. The summed E-state index contributed by atoms with van der Waals surface area (Å²) in [6.07, 6.45) is 0.999. The normalized spacial score (nSPS) is 14.6. The number of aromatic nitrogens is 1. The molecule has 3 amide bonds. The number of carbonyl (C=O) groups is 3. The topological polar surface area (TPSA) is 75.0 Å². The summed E-state index contributed by atoms with van der Waals surface area (Å²) in [6, 6.07) is 4.68. The van der Waals surface area contributed by atoms with Crippen molar-refractivity contribution < 1.29 is 23.7 Å². The van der Waals surface area contributed by atoms with E-state index in [1.165, 1.54) is 27.2 Å². The molecule has 1 aromatic carbocycles. The summed E-state index contributed by atoms with van der Waals surface area (Å²) in [7, 11) is 4.03. The molecule has 0 saturated carbocycles. The van der Waals surface area contributed by atoms with E-state index >= 15 is 0 Å². The van der Waals surface area contributed by atoms with Crippen LogP contribution in [0.25, 0.3) is 10.2 Å². The van der Waals surface area contributed by atoms with Crippen LogP contribution >= 0.6 is 11.3 Å². The minimum Gasteiger partial charge on any atom is -0.340 e. The van der Waals surface area contributed by atoms with E-state index in [9.17, 15) is 18.8 Å². The number of nitrogens with one attached hydrogen (secondary N) is 1. The van der Waals surface area contributed by atoms with E-state index in [1.54, 1.807) is 12.1 Å². The van der Waals surface area contributed by atoms with Gasteiger partial charge in [0.1, 0.15) is 17.9 Å². The Hall–Kier alpha value is -2.39. The number of hydrogen-bond acceptors (Lipinski definition) is 5. The van der Waals surface area contributed by atoms with Crippen LogP contribution in [0.2, 0.25) is 0 Å². The molecule has 7 nitrogen and oxygen atoms in total. The molecule has 0 unspecified atom stereocenters. The molecule has 144 valence electrons. The first kappa shape index (κ1) is 19.4. The number of amides is 3. The first-order valence-corrected chi connectivity index (χ1v) is 9.66. The maximum atomic E-state index is 14.0. The molecule has 2 heterocycles. The Morgan fingerprint density at radius 1 is 1.30 bits per heavy atom. The smallest absolute Gasteiger partial charge is 0.248 e. The maximum absolute atomic E-state index is 14.0. The van der Waals surface area contributed by atoms with Crippen LogP contribution in [-0.2, 0) is 14.4 Å². The molecule has 1 aromatic heterocycles. The van der Waals surface area contributed by atoms with Crippen LogP contribution in [0.4, 0.5) is 9.52 Å². The molecule has 0 aliphatic carbocycles. The zero-order chi connectivity index (χ0) is 19.6. The van der Waals surface area contributed by atoms with Crippen LogP contribution in [0.3, 0.4) is 0 Å². The molecule has 1 saturated heterocycles. The monoisotopic (exact) mass is 393 g/mol. The van der Waals surface area contributed by atoms with Crippen molar-refractivity contribution in [1.29, 1.82) is 0 Å². The Bertz CT molecular complexity index is 867. The molecule has 2 aromatic rings. The lowest BCUT2D eigenvalue weighted by molar-refractivity contribution is -0.858. The molecule has 0 atom stereocenters. The van der Waals surface area contributed by atoms with Crippen molar-refractivity contribution in [2.24, 2.45) is 0 Å². The molecule has 0 spiro atoms. The Kier molecular flexibility index (Phi) is 5.81. The van der Waals surface area contributed by atoms with Crippen molar-refractivity contribution in [3.8, 4) is 0 Å². The number of anilines is 1. The van der Waals surface area contributed by atoms with Crippen molar-refractivity contribution in [3.05, 3.63) is 24.0 Å². The lowest BCUT2D eigenvalue weighted by Crippen LogP contribution is -3.05. The largest absolute Gasteiger partial charge is 0.340 e. The maximum Gasteiger partial charge on any atom is 0.248 e. The minimum absolute atomic E-state index is 0.141. The molecular formula is C18H22FN4O3S+. The second-order valence-corrected chi connectivity index (χ2v) is 7.82. The third kappa shape index (κ3) is 4.30. The highest BCUT2D eigenvalue weighted by molar-refractivity contribution is 7.22. The number of quaternary nitrogens is 1. The van der Waals surface area contributed by atoms with Gasteiger partial charge in [-0.25, -0.2) is 9.37 Å². The lowest BCUT2D eigenvalue weighted by Gasteiger charge is -2.22. The van der Waals surface area contributed by atoms with E-state index in [0.29, 0.717) is 22.8 Å². The third-order valence-corrected chi connectivity index (χ3v) is 5.44. The SMILES string of the molecule is C[NH+](C)CCCN(C(=O)CN1C(=O)CCC1=O)c1nc2c(F)cccc2s1. The number of nitrogens with zero attached hydrogens (tertiary/aromatic N) is 3. The van der Waals surface area contributed by atoms with Crippen LogP contribution in [0, 0.1) is 5.82 Å². The van der Waals surface area contributed by atoms with Crippen LogP contribution in [0.5, 0.6) is 0 Å². The number of imide groups is 1. The number of halogens is 1. The minimum atomic E-state index is -0.440. The van der Waals surface area contributed by atoms with Gasteiger partial charge in [-0.1, -0.05) is 17.4 Å². The summed E-state index contributed by atoms with van der Waals surface area (Å²) in [6.45, 7) is 0.928. The third-order valence-electron chi connectivity index (χ3n) is 4.40. The predicted octanol–water partition coefficient (Wildman–Crippen LogP) is 0.452. The molecule has 1 N–H and O–H groups in total. The van der Waals surface area contributed by atoms with Crippen molar-refractivity contribution in [2.45, 2.75) is 19.3 Å². The summed E-state index contributed by atoms with van der Waals surface area (Å²) in [5.74, 6) is -1.49. The van der Waals surface area contributed by atoms with Gasteiger partial charge >= 0.3 is 0 Å². The molecule has 9 heteroatoms. The van der Waals surface area contributed by atoms with Crippen LogP contribution in [-0.4, -0.2) is 61.3 Å². The average molecular weight is 393 g/mol. The predicted molar refractivity (Wildman–Crippen MR) is 100 cm³/mol. The zero-order valence-corrected chi connectivity index (χ0v) is 16.1. The van der Waals surface area contributed by atoms with Crippen molar-refractivity contribution in [3.63, 3.8) is 0 Å². The highest BCUT2D eigenvalue weighted by Crippen LogP contribution is 2.30. The summed E-state index contributed by atoms with van der Waals surface area (Å²) >= 11 is 1.23. The van der Waals surface area contributed by atoms with E-state index in [1.807, 2.05) is 14.1 Å². The van der Waals surface area contributed by atoms with Gasteiger partial charge in [0.15, 0.2) is 5.13 Å². The van der Waals surface area contributed by atoms with E-state index in [2.05, 4.69) is 4.98 Å². The summed E-state index contributed by atoms with van der Waals surface area (Å²) in [5, 5.41) is 0.382. The highest BCUT2D eigenvalue weighted by Gasteiger charge is 2.32. The molecule has 0 radical (unpaired) electrons. The molecular weight excluding hydrogens is 371 g/mol. The number of rotatable bonds is 7. The van der Waals surface area contributed by atoms with Crippen LogP contribution in [0.1, 0.15) is 19.3 Å². The van der Waals surface area contributed by atoms with Crippen molar-refractivity contribution in [1.82, 2.24) is 9.88 Å². The summed E-state index contributed by atoms with van der Waals surface area (Å²) in [4.78, 5) is 44.5. The summed E-state index contributed by atoms with van der Waals surface area (Å²) in [5.41, 5.74) is 0.224. The first-order valence-electron chi connectivity index (χ1n) is 8.84. The van der Waals surface area contributed by atoms with Gasteiger partial charge in [0, 0.05) is 25.8 Å². The number of carbonyl (C=O) groups excluding carboxylic acids is 3. The number of likely N-dealkylation sites (tertiary alicyclic amines) is 1. The van der Waals surface area contributed by atoms with Gasteiger partial charge in [-0.15, -0.1) is 0 Å². The average Bonchev–Trinajstić information content (AvgIpc) is 3.18. The van der Waals surface area contributed by atoms with Crippen LogP contribution in [0.15, 0.2) is 18.2 Å². The van der Waals surface area contributed by atoms with Gasteiger partial charge in [-0.2, -0.15) is 0 Å². The second kappa shape index (κ2) is 8.10. The Balaban J connectivity index is 1.85. The fourth-order valence-corrected chi connectivity index (χ4v) is 3.98. The van der Waals surface area contributed by atoms with Crippen molar-refractivity contribution >= 4 is 44.4 Å². The first-order chi connectivity index (χ1) is 12.9. The quantitative estimate of drug-likeness (QED) is 0.694. The fraction of sp³-hybridized carbons (Fsp3) is 0.444. The highest BCUT2D eigenvalue weighted by atomic mass is 32.1. The number of hydrogen-bond donors (Lipinski definition) is 1. The van der Waals surface area contributed by atoms with E-state index in [0.717, 1.165) is 11.4 Å². The van der Waals surface area contributed by atoms with Gasteiger partial charge in [0.25, 0.3) is 0 Å². The Morgan fingerprint density at radius 3 is 2.63 bits per heavy atom. The van der Waals surface area contributed by atoms with E-state index < -0.39 is 5.82 Å². The molecule has 3 rings (SSSR count). The standard InChI is InChI=1S/C18H21FN4O3S/c1-21(2)9-4-10-22(16(26)11-23-14(24)7-8-15(23)25)18-20-17-12(19)5-3-6-13(17)27-18/h3,5-6H,4,7-11H2,1-2H3/p+1. The molecule has 1 aliphatic heterocycles. The molecule has 27 heavy (non-hydrogen) atoms. The van der Waals surface area contributed by atoms with Crippen molar-refractivity contribution in [2.75, 3.05) is 38.6 Å². The number of para-hydroxylation sites is 1. The van der Waals surface area contributed by atoms with Gasteiger partial charge in [-0.3, -0.25) is 24.2 Å². The van der Waals surface area contributed by atoms with Gasteiger partial charge in [0.2, 0.25) is 17.7 Å². The van der Waals surface area contributed by atoms with E-state index in [4.69, 9.17) is 0 Å². The number of benzene rings is 1. The van der Waals surface area contributed by atoms with Gasteiger partial charge < -0.3 is 4.90 Å².